The van der Waals surface area contributed by atoms with Crippen LogP contribution in [0.2, 0.25) is 0 Å². The normalized spacial score (nSPS) is 11.2. The minimum atomic E-state index is -3.66. The minimum Gasteiger partial charge on any atom is -0.252 e. The molecule has 2 heterocycles. The molecule has 0 atom stereocenters. The van der Waals surface area contributed by atoms with E-state index in [-0.39, 0.29) is 5.03 Å². The van der Waals surface area contributed by atoms with Crippen molar-refractivity contribution in [2.75, 3.05) is 11.4 Å². The van der Waals surface area contributed by atoms with Gasteiger partial charge in [0.1, 0.15) is 5.82 Å². The van der Waals surface area contributed by atoms with Crippen LogP contribution in [0, 0.1) is 0 Å². The summed E-state index contributed by atoms with van der Waals surface area (Å²) in [6.07, 6.45) is 2.98. The largest absolute Gasteiger partial charge is 0.282 e. The van der Waals surface area contributed by atoms with Crippen LogP contribution in [-0.2, 0) is 10.0 Å². The Labute approximate surface area is 114 Å². The van der Waals surface area contributed by atoms with Gasteiger partial charge in [0.05, 0.1) is 0 Å². The van der Waals surface area contributed by atoms with E-state index in [1.165, 1.54) is 19.3 Å². The number of anilines is 1. The lowest BCUT2D eigenvalue weighted by Gasteiger charge is -2.17. The first-order valence-corrected chi connectivity index (χ1v) is 7.26. The zero-order valence-corrected chi connectivity index (χ0v) is 11.9. The lowest BCUT2D eigenvalue weighted by Crippen LogP contribution is -2.27. The molecule has 2 aromatic heterocycles. The van der Waals surface area contributed by atoms with Gasteiger partial charge in [-0.25, -0.2) is 9.97 Å². The molecule has 0 aliphatic carbocycles. The third kappa shape index (κ3) is 2.51. The fourth-order valence-electron chi connectivity index (χ4n) is 1.32. The van der Waals surface area contributed by atoms with Gasteiger partial charge in [0.2, 0.25) is 0 Å². The Bertz CT molecular complexity index is 629. The van der Waals surface area contributed by atoms with Crippen molar-refractivity contribution in [1.29, 1.82) is 0 Å². The number of nitrogens with zero attached hydrogens (tertiary/aromatic N) is 3. The van der Waals surface area contributed by atoms with Crippen molar-refractivity contribution >= 4 is 31.8 Å². The van der Waals surface area contributed by atoms with Crippen molar-refractivity contribution < 1.29 is 8.42 Å². The number of aromatic nitrogens is 2. The molecule has 5 nitrogen and oxygen atoms in total. The molecule has 0 N–H and O–H groups in total. The summed E-state index contributed by atoms with van der Waals surface area (Å²) in [6.45, 7) is 0. The quantitative estimate of drug-likeness (QED) is 0.865. The predicted octanol–water partition coefficient (Wildman–Crippen LogP) is 2.06. The number of hydrogen-bond acceptors (Lipinski definition) is 4. The summed E-state index contributed by atoms with van der Waals surface area (Å²) in [5.41, 5.74) is 0. The first-order chi connectivity index (χ1) is 8.51. The van der Waals surface area contributed by atoms with Crippen molar-refractivity contribution in [1.82, 2.24) is 9.97 Å². The van der Waals surface area contributed by atoms with E-state index in [1.54, 1.807) is 30.5 Å². The fraction of sp³-hybridized carbons (Fsp3) is 0.0909. The van der Waals surface area contributed by atoms with Gasteiger partial charge in [-0.15, -0.1) is 0 Å². The average Bonchev–Trinajstić information content (AvgIpc) is 2.40. The number of sulfonamides is 1. The molecule has 0 unspecified atom stereocenters. The zero-order valence-electron chi connectivity index (χ0n) is 9.49. The Morgan fingerprint density at radius 2 is 1.94 bits per heavy atom. The van der Waals surface area contributed by atoms with Gasteiger partial charge in [-0.1, -0.05) is 6.07 Å². The van der Waals surface area contributed by atoms with Gasteiger partial charge in [0.15, 0.2) is 5.03 Å². The molecule has 7 heteroatoms. The first kappa shape index (κ1) is 13.0. The van der Waals surface area contributed by atoms with Gasteiger partial charge < -0.3 is 0 Å². The molecule has 0 spiro atoms. The summed E-state index contributed by atoms with van der Waals surface area (Å²) in [5.74, 6) is 0.337. The number of rotatable bonds is 3. The van der Waals surface area contributed by atoms with Crippen LogP contribution in [0.5, 0.6) is 0 Å². The molecular formula is C11H10BrN3O2S. The Kier molecular flexibility index (Phi) is 3.63. The third-order valence-corrected chi connectivity index (χ3v) is 4.44. The molecule has 18 heavy (non-hydrogen) atoms. The SMILES string of the molecule is CN(c1ccc(Br)cn1)S(=O)(=O)c1ccccn1. The summed E-state index contributed by atoms with van der Waals surface area (Å²) in [4.78, 5) is 7.89. The highest BCUT2D eigenvalue weighted by atomic mass is 79.9. The van der Waals surface area contributed by atoms with Crippen LogP contribution < -0.4 is 4.31 Å². The lowest BCUT2D eigenvalue weighted by atomic mass is 10.5. The summed E-state index contributed by atoms with van der Waals surface area (Å²) < 4.78 is 26.3. The molecule has 2 rings (SSSR count). The van der Waals surface area contributed by atoms with Crippen molar-refractivity contribution in [2.24, 2.45) is 0 Å². The number of pyridine rings is 2. The molecule has 0 saturated carbocycles. The molecule has 0 amide bonds. The van der Waals surface area contributed by atoms with E-state index in [0.29, 0.717) is 5.82 Å². The topological polar surface area (TPSA) is 63.2 Å². The second-order valence-electron chi connectivity index (χ2n) is 3.48. The Morgan fingerprint density at radius 3 is 2.50 bits per heavy atom. The van der Waals surface area contributed by atoms with E-state index in [2.05, 4.69) is 25.9 Å². The Balaban J connectivity index is 2.39. The minimum absolute atomic E-state index is 0.00258. The van der Waals surface area contributed by atoms with Gasteiger partial charge in [-0.2, -0.15) is 8.42 Å². The molecular weight excluding hydrogens is 318 g/mol. The highest BCUT2D eigenvalue weighted by Crippen LogP contribution is 2.19. The number of hydrogen-bond donors (Lipinski definition) is 0. The van der Waals surface area contributed by atoms with Crippen LogP contribution in [0.25, 0.3) is 0 Å². The smallest absolute Gasteiger partial charge is 0.252 e. The molecule has 94 valence electrons. The van der Waals surface area contributed by atoms with Crippen molar-refractivity contribution in [2.45, 2.75) is 5.03 Å². The van der Waals surface area contributed by atoms with E-state index >= 15 is 0 Å². The molecule has 0 aliphatic rings. The summed E-state index contributed by atoms with van der Waals surface area (Å²) in [5, 5.41) is -0.00258. The standard InChI is InChI=1S/C11H10BrN3O2S/c1-15(10-6-5-9(12)8-14-10)18(16,17)11-4-2-3-7-13-11/h2-8H,1H3. The molecule has 0 radical (unpaired) electrons. The fourth-order valence-corrected chi connectivity index (χ4v) is 2.63. The molecule has 2 aromatic rings. The van der Waals surface area contributed by atoms with E-state index in [1.807, 2.05) is 0 Å². The zero-order chi connectivity index (χ0) is 13.2. The van der Waals surface area contributed by atoms with Crippen LogP contribution in [0.4, 0.5) is 5.82 Å². The van der Waals surface area contributed by atoms with Crippen LogP contribution >= 0.6 is 15.9 Å². The summed E-state index contributed by atoms with van der Waals surface area (Å²) in [6, 6.07) is 8.08. The Hall–Kier alpha value is -1.47. The van der Waals surface area contributed by atoms with Gasteiger partial charge in [-0.05, 0) is 40.2 Å². The molecule has 0 aromatic carbocycles. The maximum Gasteiger partial charge on any atom is 0.282 e. The maximum absolute atomic E-state index is 12.2. The van der Waals surface area contributed by atoms with Crippen LogP contribution in [0.1, 0.15) is 0 Å². The second kappa shape index (κ2) is 5.03. The van der Waals surface area contributed by atoms with Crippen LogP contribution in [0.3, 0.4) is 0 Å². The second-order valence-corrected chi connectivity index (χ2v) is 6.31. The average molecular weight is 328 g/mol. The first-order valence-electron chi connectivity index (χ1n) is 5.03. The van der Waals surface area contributed by atoms with Gasteiger partial charge in [0, 0.05) is 23.9 Å². The van der Waals surface area contributed by atoms with Crippen LogP contribution in [-0.4, -0.2) is 25.4 Å². The maximum atomic E-state index is 12.2. The van der Waals surface area contributed by atoms with Gasteiger partial charge >= 0.3 is 0 Å². The van der Waals surface area contributed by atoms with E-state index in [9.17, 15) is 8.42 Å². The monoisotopic (exact) mass is 327 g/mol. The van der Waals surface area contributed by atoms with E-state index in [4.69, 9.17) is 0 Å². The van der Waals surface area contributed by atoms with Gasteiger partial charge in [-0.3, -0.25) is 4.31 Å². The summed E-state index contributed by atoms with van der Waals surface area (Å²) >= 11 is 3.25. The predicted molar refractivity (Wildman–Crippen MR) is 71.8 cm³/mol. The molecule has 0 fully saturated rings. The third-order valence-electron chi connectivity index (χ3n) is 2.30. The highest BCUT2D eigenvalue weighted by molar-refractivity contribution is 9.10. The molecule has 0 aliphatic heterocycles. The Morgan fingerprint density at radius 1 is 1.17 bits per heavy atom. The van der Waals surface area contributed by atoms with Crippen molar-refractivity contribution in [3.8, 4) is 0 Å². The molecule has 0 bridgehead atoms. The lowest BCUT2D eigenvalue weighted by molar-refractivity contribution is 0.590. The van der Waals surface area contributed by atoms with Gasteiger partial charge in [0.25, 0.3) is 10.0 Å². The van der Waals surface area contributed by atoms with E-state index in [0.717, 1.165) is 8.78 Å². The number of halogens is 1. The van der Waals surface area contributed by atoms with Crippen molar-refractivity contribution in [3.05, 3.63) is 47.2 Å². The highest BCUT2D eigenvalue weighted by Gasteiger charge is 2.22. The van der Waals surface area contributed by atoms with E-state index < -0.39 is 10.0 Å². The van der Waals surface area contributed by atoms with Crippen LogP contribution in [0.15, 0.2) is 52.2 Å². The summed E-state index contributed by atoms with van der Waals surface area (Å²) in [7, 11) is -2.22. The van der Waals surface area contributed by atoms with Crippen molar-refractivity contribution in [3.63, 3.8) is 0 Å². The molecule has 0 saturated heterocycles.